The standard InChI is InChI=1S/C20H17ClN2O3S/c1-3-26-19(25)14-7-5-13(6-8-14)10-17-18(24)23-20(27-17)22-15-9-4-12(2)16(21)11-15/h4-11H,3H2,1-2H3,(H,22,23,24)/b17-10-. The van der Waals surface area contributed by atoms with Gasteiger partial charge in [-0.25, -0.2) is 9.79 Å². The molecule has 1 N–H and O–H groups in total. The molecule has 3 rings (SSSR count). The summed E-state index contributed by atoms with van der Waals surface area (Å²) in [5.41, 5.74) is 2.92. The number of nitrogens with one attached hydrogen (secondary N) is 1. The molecule has 0 radical (unpaired) electrons. The van der Waals surface area contributed by atoms with Gasteiger partial charge in [0.1, 0.15) is 0 Å². The van der Waals surface area contributed by atoms with Gasteiger partial charge in [0.05, 0.1) is 22.8 Å². The molecule has 1 fully saturated rings. The first kappa shape index (κ1) is 19.2. The van der Waals surface area contributed by atoms with E-state index in [-0.39, 0.29) is 11.9 Å². The Morgan fingerprint density at radius 3 is 2.67 bits per heavy atom. The fraction of sp³-hybridized carbons (Fsp3) is 0.150. The number of hydrogen-bond donors (Lipinski definition) is 1. The second kappa shape index (κ2) is 8.41. The first-order valence-corrected chi connectivity index (χ1v) is 9.48. The van der Waals surface area contributed by atoms with Crippen LogP contribution in [0.2, 0.25) is 5.02 Å². The van der Waals surface area contributed by atoms with Gasteiger partial charge in [0.2, 0.25) is 0 Å². The van der Waals surface area contributed by atoms with E-state index in [1.807, 2.05) is 19.1 Å². The summed E-state index contributed by atoms with van der Waals surface area (Å²) < 4.78 is 4.96. The Morgan fingerprint density at radius 1 is 1.26 bits per heavy atom. The molecule has 27 heavy (non-hydrogen) atoms. The zero-order chi connectivity index (χ0) is 19.4. The third-order valence-corrected chi connectivity index (χ3v) is 5.07. The minimum absolute atomic E-state index is 0.216. The van der Waals surface area contributed by atoms with Crippen molar-refractivity contribution in [3.63, 3.8) is 0 Å². The number of aliphatic imine (C=N–C) groups is 1. The topological polar surface area (TPSA) is 67.8 Å². The Kier molecular flexibility index (Phi) is 5.98. The van der Waals surface area contributed by atoms with Gasteiger partial charge in [-0.1, -0.05) is 29.8 Å². The number of carbonyl (C=O) groups is 2. The molecule has 0 atom stereocenters. The third-order valence-electron chi connectivity index (χ3n) is 3.76. The number of aryl methyl sites for hydroxylation is 1. The maximum Gasteiger partial charge on any atom is 0.338 e. The van der Waals surface area contributed by atoms with Gasteiger partial charge >= 0.3 is 5.97 Å². The van der Waals surface area contributed by atoms with E-state index in [4.69, 9.17) is 16.3 Å². The highest BCUT2D eigenvalue weighted by Crippen LogP contribution is 2.29. The molecule has 0 aromatic heterocycles. The average molecular weight is 401 g/mol. The number of amidine groups is 1. The Labute approximate surface area is 166 Å². The molecular weight excluding hydrogens is 384 g/mol. The van der Waals surface area contributed by atoms with Crippen molar-refractivity contribution < 1.29 is 14.3 Å². The number of nitrogens with zero attached hydrogens (tertiary/aromatic N) is 1. The van der Waals surface area contributed by atoms with Crippen molar-refractivity contribution in [2.45, 2.75) is 13.8 Å². The number of carbonyl (C=O) groups excluding carboxylic acids is 2. The quantitative estimate of drug-likeness (QED) is 0.595. The maximum absolute atomic E-state index is 12.2. The van der Waals surface area contributed by atoms with Gasteiger partial charge in [0, 0.05) is 5.02 Å². The molecule has 138 valence electrons. The van der Waals surface area contributed by atoms with Gasteiger partial charge in [-0.2, -0.15) is 0 Å². The van der Waals surface area contributed by atoms with Crippen LogP contribution in [0.15, 0.2) is 52.4 Å². The summed E-state index contributed by atoms with van der Waals surface area (Å²) in [5, 5.41) is 3.86. The third kappa shape index (κ3) is 4.78. The maximum atomic E-state index is 12.2. The van der Waals surface area contributed by atoms with Crippen molar-refractivity contribution in [2.24, 2.45) is 4.99 Å². The minimum Gasteiger partial charge on any atom is -0.462 e. The van der Waals surface area contributed by atoms with Crippen molar-refractivity contribution in [3.8, 4) is 0 Å². The van der Waals surface area contributed by atoms with Crippen LogP contribution in [0.5, 0.6) is 0 Å². The van der Waals surface area contributed by atoms with Crippen LogP contribution in [0.3, 0.4) is 0 Å². The van der Waals surface area contributed by atoms with E-state index in [0.717, 1.165) is 11.1 Å². The summed E-state index contributed by atoms with van der Waals surface area (Å²) in [6.45, 7) is 4.01. The Morgan fingerprint density at radius 2 is 2.00 bits per heavy atom. The minimum atomic E-state index is -0.365. The number of esters is 1. The number of amides is 1. The van der Waals surface area contributed by atoms with Crippen molar-refractivity contribution in [2.75, 3.05) is 6.61 Å². The summed E-state index contributed by atoms with van der Waals surface area (Å²) in [7, 11) is 0. The van der Waals surface area contributed by atoms with Crippen molar-refractivity contribution >= 4 is 52.2 Å². The SMILES string of the molecule is CCOC(=O)c1ccc(/C=C2\SC(=Nc3ccc(C)c(Cl)c3)NC2=O)cc1. The number of hydrogen-bond acceptors (Lipinski definition) is 5. The lowest BCUT2D eigenvalue weighted by Crippen LogP contribution is -2.19. The molecule has 5 nitrogen and oxygen atoms in total. The van der Waals surface area contributed by atoms with Crippen molar-refractivity contribution in [1.29, 1.82) is 0 Å². The van der Waals surface area contributed by atoms with E-state index in [0.29, 0.717) is 33.0 Å². The Hall–Kier alpha value is -2.57. The number of halogens is 1. The predicted octanol–water partition coefficient (Wildman–Crippen LogP) is 4.72. The number of rotatable bonds is 4. The average Bonchev–Trinajstić information content (AvgIpc) is 2.98. The highest BCUT2D eigenvalue weighted by Gasteiger charge is 2.23. The highest BCUT2D eigenvalue weighted by molar-refractivity contribution is 8.18. The van der Waals surface area contributed by atoms with Gasteiger partial charge in [-0.3, -0.25) is 4.79 Å². The van der Waals surface area contributed by atoms with Gasteiger partial charge in [-0.15, -0.1) is 0 Å². The molecule has 0 bridgehead atoms. The van der Waals surface area contributed by atoms with Crippen LogP contribution >= 0.6 is 23.4 Å². The molecule has 2 aromatic carbocycles. The molecular formula is C20H17ClN2O3S. The molecule has 2 aromatic rings. The van der Waals surface area contributed by atoms with Crippen LogP contribution in [-0.2, 0) is 9.53 Å². The summed E-state index contributed by atoms with van der Waals surface area (Å²) in [6, 6.07) is 12.4. The van der Waals surface area contributed by atoms with E-state index in [1.54, 1.807) is 43.3 Å². The molecule has 0 aliphatic carbocycles. The lowest BCUT2D eigenvalue weighted by Gasteiger charge is -2.02. The Bertz CT molecular complexity index is 952. The number of thioether (sulfide) groups is 1. The summed E-state index contributed by atoms with van der Waals surface area (Å²) >= 11 is 7.36. The van der Waals surface area contributed by atoms with E-state index in [2.05, 4.69) is 10.3 Å². The van der Waals surface area contributed by atoms with Crippen LogP contribution in [0, 0.1) is 6.92 Å². The van der Waals surface area contributed by atoms with E-state index in [1.165, 1.54) is 11.8 Å². The van der Waals surface area contributed by atoms with Crippen LogP contribution in [0.25, 0.3) is 6.08 Å². The number of benzene rings is 2. The largest absolute Gasteiger partial charge is 0.462 e. The molecule has 7 heteroatoms. The molecule has 1 aliphatic rings. The van der Waals surface area contributed by atoms with E-state index < -0.39 is 0 Å². The lowest BCUT2D eigenvalue weighted by molar-refractivity contribution is -0.115. The molecule has 1 aliphatic heterocycles. The van der Waals surface area contributed by atoms with Crippen LogP contribution in [0.4, 0.5) is 5.69 Å². The smallest absolute Gasteiger partial charge is 0.338 e. The zero-order valence-corrected chi connectivity index (χ0v) is 16.4. The molecule has 0 unspecified atom stereocenters. The highest BCUT2D eigenvalue weighted by atomic mass is 35.5. The first-order chi connectivity index (χ1) is 13.0. The van der Waals surface area contributed by atoms with Gasteiger partial charge < -0.3 is 10.1 Å². The normalized spacial score (nSPS) is 16.6. The fourth-order valence-electron chi connectivity index (χ4n) is 2.33. The second-order valence-electron chi connectivity index (χ2n) is 5.76. The molecule has 1 saturated heterocycles. The van der Waals surface area contributed by atoms with Crippen LogP contribution < -0.4 is 5.32 Å². The Balaban J connectivity index is 1.76. The van der Waals surface area contributed by atoms with Gasteiger partial charge in [0.25, 0.3) is 5.91 Å². The molecule has 1 amide bonds. The number of ether oxygens (including phenoxy) is 1. The lowest BCUT2D eigenvalue weighted by atomic mass is 10.1. The molecule has 1 heterocycles. The summed E-state index contributed by atoms with van der Waals surface area (Å²) in [4.78, 5) is 28.8. The van der Waals surface area contributed by atoms with Crippen molar-refractivity contribution in [3.05, 3.63) is 69.1 Å². The van der Waals surface area contributed by atoms with Crippen LogP contribution in [0.1, 0.15) is 28.4 Å². The van der Waals surface area contributed by atoms with E-state index in [9.17, 15) is 9.59 Å². The van der Waals surface area contributed by atoms with Crippen LogP contribution in [-0.4, -0.2) is 23.7 Å². The predicted molar refractivity (Wildman–Crippen MR) is 109 cm³/mol. The van der Waals surface area contributed by atoms with Gasteiger partial charge in [-0.05, 0) is 67.1 Å². The molecule has 0 saturated carbocycles. The monoisotopic (exact) mass is 400 g/mol. The fourth-order valence-corrected chi connectivity index (χ4v) is 3.35. The van der Waals surface area contributed by atoms with Crippen molar-refractivity contribution in [1.82, 2.24) is 5.32 Å². The first-order valence-electron chi connectivity index (χ1n) is 8.29. The zero-order valence-electron chi connectivity index (χ0n) is 14.8. The second-order valence-corrected chi connectivity index (χ2v) is 7.20. The van der Waals surface area contributed by atoms with Gasteiger partial charge in [0.15, 0.2) is 5.17 Å². The summed E-state index contributed by atoms with van der Waals surface area (Å²) in [5.74, 6) is -0.581. The van der Waals surface area contributed by atoms with E-state index >= 15 is 0 Å². The molecule has 0 spiro atoms. The summed E-state index contributed by atoms with van der Waals surface area (Å²) in [6.07, 6.45) is 1.75.